The van der Waals surface area contributed by atoms with Crippen molar-refractivity contribution in [2.24, 2.45) is 0 Å². The summed E-state index contributed by atoms with van der Waals surface area (Å²) in [6.07, 6.45) is -0.142. The average Bonchev–Trinajstić information content (AvgIpc) is 2.81. The van der Waals surface area contributed by atoms with E-state index in [2.05, 4.69) is 5.32 Å². The lowest BCUT2D eigenvalue weighted by atomic mass is 10.1. The molecule has 1 saturated heterocycles. The van der Waals surface area contributed by atoms with E-state index in [0.29, 0.717) is 5.69 Å². The van der Waals surface area contributed by atoms with E-state index >= 15 is 0 Å². The molecule has 7 nitrogen and oxygen atoms in total. The number of carbonyl (C=O) groups is 3. The number of carbonyl (C=O) groups excluding carboxylic acids is 2. The van der Waals surface area contributed by atoms with E-state index in [-0.39, 0.29) is 17.7 Å². The SMILES string of the molecule is O=C(O)c1ccc(N2C(=O)CC(Nc3cccc(F)c3)C2=O)cc1O. The first-order valence-electron chi connectivity index (χ1n) is 7.32. The van der Waals surface area contributed by atoms with Gasteiger partial charge in [-0.25, -0.2) is 14.1 Å². The van der Waals surface area contributed by atoms with Crippen molar-refractivity contribution < 1.29 is 29.0 Å². The van der Waals surface area contributed by atoms with Gasteiger partial charge in [0.25, 0.3) is 5.91 Å². The molecule has 8 heteroatoms. The number of carboxylic acid groups (broad SMARTS) is 1. The molecule has 1 unspecified atom stereocenters. The number of phenols is 1. The topological polar surface area (TPSA) is 107 Å². The summed E-state index contributed by atoms with van der Waals surface area (Å²) in [7, 11) is 0. The highest BCUT2D eigenvalue weighted by atomic mass is 19.1. The second kappa shape index (κ2) is 6.23. The Balaban J connectivity index is 1.84. The largest absolute Gasteiger partial charge is 0.507 e. The Hall–Kier alpha value is -3.42. The van der Waals surface area contributed by atoms with Crippen molar-refractivity contribution >= 4 is 29.2 Å². The first kappa shape index (κ1) is 16.4. The Bertz CT molecular complexity index is 883. The minimum absolute atomic E-state index is 0.0704. The molecule has 3 rings (SSSR count). The minimum Gasteiger partial charge on any atom is -0.507 e. The van der Waals surface area contributed by atoms with E-state index in [0.717, 1.165) is 17.0 Å². The highest BCUT2D eigenvalue weighted by Gasteiger charge is 2.39. The molecule has 1 fully saturated rings. The third-order valence-electron chi connectivity index (χ3n) is 3.78. The number of halogens is 1. The molecule has 128 valence electrons. The van der Waals surface area contributed by atoms with Crippen LogP contribution in [0.5, 0.6) is 5.75 Å². The van der Waals surface area contributed by atoms with E-state index in [9.17, 15) is 23.9 Å². The molecule has 25 heavy (non-hydrogen) atoms. The van der Waals surface area contributed by atoms with Crippen LogP contribution in [0.15, 0.2) is 42.5 Å². The number of nitrogens with one attached hydrogen (secondary N) is 1. The second-order valence-electron chi connectivity index (χ2n) is 5.49. The molecule has 0 aromatic heterocycles. The van der Waals surface area contributed by atoms with Crippen molar-refractivity contribution in [1.82, 2.24) is 0 Å². The summed E-state index contributed by atoms with van der Waals surface area (Å²) in [4.78, 5) is 36.4. The fourth-order valence-electron chi connectivity index (χ4n) is 2.64. The van der Waals surface area contributed by atoms with Crippen molar-refractivity contribution in [3.8, 4) is 5.75 Å². The highest BCUT2D eigenvalue weighted by Crippen LogP contribution is 2.29. The van der Waals surface area contributed by atoms with Gasteiger partial charge in [-0.05, 0) is 30.3 Å². The number of aromatic carboxylic acids is 1. The molecular weight excluding hydrogens is 331 g/mol. The van der Waals surface area contributed by atoms with Gasteiger partial charge in [0.05, 0.1) is 12.1 Å². The number of amides is 2. The van der Waals surface area contributed by atoms with E-state index in [1.54, 1.807) is 6.07 Å². The smallest absolute Gasteiger partial charge is 0.339 e. The Kier molecular flexibility index (Phi) is 4.10. The normalized spacial score (nSPS) is 17.0. The number of nitrogens with zero attached hydrogens (tertiary/aromatic N) is 1. The van der Waals surface area contributed by atoms with Crippen LogP contribution < -0.4 is 10.2 Å². The quantitative estimate of drug-likeness (QED) is 0.732. The lowest BCUT2D eigenvalue weighted by Gasteiger charge is -2.16. The Morgan fingerprint density at radius 3 is 2.60 bits per heavy atom. The van der Waals surface area contributed by atoms with Crippen LogP contribution >= 0.6 is 0 Å². The number of rotatable bonds is 4. The van der Waals surface area contributed by atoms with Crippen LogP contribution in [0.4, 0.5) is 15.8 Å². The number of hydrogen-bond donors (Lipinski definition) is 3. The summed E-state index contributed by atoms with van der Waals surface area (Å²) >= 11 is 0. The second-order valence-corrected chi connectivity index (χ2v) is 5.49. The van der Waals surface area contributed by atoms with Crippen molar-refractivity contribution in [1.29, 1.82) is 0 Å². The summed E-state index contributed by atoms with van der Waals surface area (Å²) in [5.74, 6) is -3.44. The van der Waals surface area contributed by atoms with Gasteiger partial charge in [-0.2, -0.15) is 0 Å². The Morgan fingerprint density at radius 2 is 1.96 bits per heavy atom. The lowest BCUT2D eigenvalue weighted by molar-refractivity contribution is -0.121. The molecule has 1 aliphatic rings. The molecule has 1 aliphatic heterocycles. The van der Waals surface area contributed by atoms with Gasteiger partial charge in [-0.15, -0.1) is 0 Å². The number of carboxylic acids is 1. The summed E-state index contributed by atoms with van der Waals surface area (Å²) in [5.41, 5.74) is 0.0930. The molecule has 0 saturated carbocycles. The third-order valence-corrected chi connectivity index (χ3v) is 3.78. The summed E-state index contributed by atoms with van der Waals surface area (Å²) in [5, 5.41) is 21.4. The monoisotopic (exact) mass is 344 g/mol. The maximum absolute atomic E-state index is 13.2. The zero-order valence-electron chi connectivity index (χ0n) is 12.8. The van der Waals surface area contributed by atoms with Gasteiger partial charge in [0, 0.05) is 11.8 Å². The van der Waals surface area contributed by atoms with Crippen molar-refractivity contribution in [3.63, 3.8) is 0 Å². The number of benzene rings is 2. The molecule has 0 radical (unpaired) electrons. The van der Waals surface area contributed by atoms with Gasteiger partial charge < -0.3 is 15.5 Å². The van der Waals surface area contributed by atoms with Gasteiger partial charge in [0.15, 0.2) is 0 Å². The van der Waals surface area contributed by atoms with Crippen LogP contribution in [0.1, 0.15) is 16.8 Å². The number of aromatic hydroxyl groups is 1. The van der Waals surface area contributed by atoms with Crippen LogP contribution in [0.25, 0.3) is 0 Å². The highest BCUT2D eigenvalue weighted by molar-refractivity contribution is 6.23. The minimum atomic E-state index is -1.33. The predicted octanol–water partition coefficient (Wildman–Crippen LogP) is 1.97. The lowest BCUT2D eigenvalue weighted by Crippen LogP contribution is -2.34. The molecule has 2 aromatic carbocycles. The van der Waals surface area contributed by atoms with Crippen molar-refractivity contribution in [2.75, 3.05) is 10.2 Å². The van der Waals surface area contributed by atoms with Gasteiger partial charge in [-0.1, -0.05) is 6.07 Å². The van der Waals surface area contributed by atoms with Gasteiger partial charge in [0.1, 0.15) is 23.2 Å². The average molecular weight is 344 g/mol. The van der Waals surface area contributed by atoms with E-state index in [1.807, 2.05) is 0 Å². The van der Waals surface area contributed by atoms with E-state index < -0.39 is 35.4 Å². The van der Waals surface area contributed by atoms with Gasteiger partial charge in [0.2, 0.25) is 5.91 Å². The number of hydrogen-bond acceptors (Lipinski definition) is 5. The van der Waals surface area contributed by atoms with Gasteiger partial charge in [-0.3, -0.25) is 9.59 Å². The van der Waals surface area contributed by atoms with E-state index in [4.69, 9.17) is 5.11 Å². The maximum atomic E-state index is 13.2. The third kappa shape index (κ3) is 3.14. The van der Waals surface area contributed by atoms with Gasteiger partial charge >= 0.3 is 5.97 Å². The standard InChI is InChI=1S/C17H13FN2O5/c18-9-2-1-3-10(6-9)19-13-8-15(22)20(16(13)23)11-4-5-12(17(24)25)14(21)7-11/h1-7,13,19,21H,8H2,(H,24,25). The Labute approximate surface area is 141 Å². The molecule has 1 heterocycles. The number of anilines is 2. The van der Waals surface area contributed by atoms with Crippen LogP contribution in [0.3, 0.4) is 0 Å². The van der Waals surface area contributed by atoms with Crippen LogP contribution in [0, 0.1) is 5.82 Å². The molecule has 0 bridgehead atoms. The number of imide groups is 1. The fourth-order valence-corrected chi connectivity index (χ4v) is 2.64. The molecule has 1 atom stereocenters. The van der Waals surface area contributed by atoms with Crippen LogP contribution in [-0.2, 0) is 9.59 Å². The molecule has 2 aromatic rings. The zero-order valence-corrected chi connectivity index (χ0v) is 12.8. The zero-order chi connectivity index (χ0) is 18.1. The Morgan fingerprint density at radius 1 is 1.20 bits per heavy atom. The molecule has 2 amide bonds. The summed E-state index contributed by atoms with van der Waals surface area (Å²) < 4.78 is 13.2. The predicted molar refractivity (Wildman–Crippen MR) is 86.0 cm³/mol. The first-order chi connectivity index (χ1) is 11.9. The van der Waals surface area contributed by atoms with Crippen LogP contribution in [0.2, 0.25) is 0 Å². The van der Waals surface area contributed by atoms with Crippen LogP contribution in [-0.4, -0.2) is 34.0 Å². The maximum Gasteiger partial charge on any atom is 0.339 e. The molecule has 3 N–H and O–H groups in total. The summed E-state index contributed by atoms with van der Waals surface area (Å²) in [6.45, 7) is 0. The fraction of sp³-hybridized carbons (Fsp3) is 0.118. The molecule has 0 spiro atoms. The van der Waals surface area contributed by atoms with E-state index in [1.165, 1.54) is 24.3 Å². The first-order valence-corrected chi connectivity index (χ1v) is 7.32. The van der Waals surface area contributed by atoms with Crippen molar-refractivity contribution in [3.05, 3.63) is 53.8 Å². The molecular formula is C17H13FN2O5. The summed E-state index contributed by atoms with van der Waals surface area (Å²) in [6, 6.07) is 8.04. The molecule has 0 aliphatic carbocycles. The van der Waals surface area contributed by atoms with Crippen molar-refractivity contribution in [2.45, 2.75) is 12.5 Å².